The normalized spacial score (nSPS) is 14.6. The molecule has 5 rings (SSSR count). The van der Waals surface area contributed by atoms with Crippen LogP contribution in [-0.4, -0.2) is 73.0 Å². The molecule has 224 valence electrons. The standard InChI is InChI=1S/C34H39N5O3S/c1-4-26(2)24-39(43(41,42)31-16-10-27(3)11-17-31)25-34(40)38-22-20-37(21-23-38)33-19-18-32(35-36-33)30-14-12-29(13-15-30)28-8-6-5-7-9-28/h5-19,26H,4,20-25H2,1-3H3/t26-/m0/s1. The second-order valence-corrected chi connectivity index (χ2v) is 13.1. The first-order chi connectivity index (χ1) is 20.7. The van der Waals surface area contributed by atoms with Gasteiger partial charge in [0, 0.05) is 38.3 Å². The first-order valence-corrected chi connectivity index (χ1v) is 16.3. The van der Waals surface area contributed by atoms with E-state index in [-0.39, 0.29) is 23.3 Å². The molecule has 1 saturated heterocycles. The Morgan fingerprint density at radius 2 is 1.44 bits per heavy atom. The summed E-state index contributed by atoms with van der Waals surface area (Å²) in [5.41, 5.74) is 5.10. The van der Waals surface area contributed by atoms with Crippen molar-refractivity contribution in [2.24, 2.45) is 5.92 Å². The maximum atomic E-state index is 13.5. The van der Waals surface area contributed by atoms with Crippen LogP contribution < -0.4 is 4.90 Å². The molecular formula is C34H39N5O3S. The van der Waals surface area contributed by atoms with Crippen molar-refractivity contribution in [2.75, 3.05) is 44.2 Å². The van der Waals surface area contributed by atoms with Gasteiger partial charge < -0.3 is 9.80 Å². The van der Waals surface area contributed by atoms with Crippen molar-refractivity contribution in [1.82, 2.24) is 19.4 Å². The molecule has 0 radical (unpaired) electrons. The van der Waals surface area contributed by atoms with E-state index in [0.29, 0.717) is 32.7 Å². The number of hydrogen-bond acceptors (Lipinski definition) is 6. The van der Waals surface area contributed by atoms with Gasteiger partial charge in [0.25, 0.3) is 0 Å². The smallest absolute Gasteiger partial charge is 0.243 e. The molecule has 3 aromatic carbocycles. The Morgan fingerprint density at radius 3 is 2.05 bits per heavy atom. The molecule has 1 atom stereocenters. The Bertz CT molecular complexity index is 1600. The fourth-order valence-corrected chi connectivity index (χ4v) is 6.64. The lowest BCUT2D eigenvalue weighted by Gasteiger charge is -2.36. The largest absolute Gasteiger partial charge is 0.352 e. The van der Waals surface area contributed by atoms with E-state index >= 15 is 0 Å². The highest BCUT2D eigenvalue weighted by Crippen LogP contribution is 2.25. The number of rotatable bonds is 10. The summed E-state index contributed by atoms with van der Waals surface area (Å²) in [5, 5.41) is 8.95. The first kappa shape index (κ1) is 30.4. The Morgan fingerprint density at radius 1 is 0.814 bits per heavy atom. The van der Waals surface area contributed by atoms with Crippen molar-refractivity contribution in [3.8, 4) is 22.4 Å². The topological polar surface area (TPSA) is 86.7 Å². The van der Waals surface area contributed by atoms with E-state index in [0.717, 1.165) is 34.6 Å². The van der Waals surface area contributed by atoms with Gasteiger partial charge in [-0.1, -0.05) is 92.6 Å². The van der Waals surface area contributed by atoms with Gasteiger partial charge in [-0.2, -0.15) is 4.31 Å². The maximum absolute atomic E-state index is 13.5. The zero-order valence-corrected chi connectivity index (χ0v) is 25.9. The molecule has 1 aliphatic heterocycles. The Hall–Kier alpha value is -4.08. The minimum absolute atomic E-state index is 0.133. The van der Waals surface area contributed by atoms with Crippen LogP contribution in [0.3, 0.4) is 0 Å². The highest BCUT2D eigenvalue weighted by atomic mass is 32.2. The van der Waals surface area contributed by atoms with E-state index in [1.807, 2.05) is 51.1 Å². The lowest BCUT2D eigenvalue weighted by Crippen LogP contribution is -2.52. The van der Waals surface area contributed by atoms with Crippen molar-refractivity contribution in [1.29, 1.82) is 0 Å². The highest BCUT2D eigenvalue weighted by Gasteiger charge is 2.31. The van der Waals surface area contributed by atoms with Crippen LogP contribution in [0.25, 0.3) is 22.4 Å². The van der Waals surface area contributed by atoms with Gasteiger partial charge >= 0.3 is 0 Å². The summed E-state index contributed by atoms with van der Waals surface area (Å²) in [5.74, 6) is 0.712. The van der Waals surface area contributed by atoms with E-state index in [2.05, 4.69) is 51.5 Å². The van der Waals surface area contributed by atoms with Crippen LogP contribution in [0.4, 0.5) is 5.82 Å². The van der Waals surface area contributed by atoms with Gasteiger partial charge in [-0.3, -0.25) is 4.79 Å². The quantitative estimate of drug-likeness (QED) is 0.240. The number of sulfonamides is 1. The highest BCUT2D eigenvalue weighted by molar-refractivity contribution is 7.89. The first-order valence-electron chi connectivity index (χ1n) is 14.8. The maximum Gasteiger partial charge on any atom is 0.243 e. The Balaban J connectivity index is 1.20. The molecule has 1 aromatic heterocycles. The number of anilines is 1. The second kappa shape index (κ2) is 13.5. The molecule has 0 unspecified atom stereocenters. The van der Waals surface area contributed by atoms with Gasteiger partial charge in [0.2, 0.25) is 15.9 Å². The predicted octanol–water partition coefficient (Wildman–Crippen LogP) is 5.50. The lowest BCUT2D eigenvalue weighted by molar-refractivity contribution is -0.131. The molecule has 0 saturated carbocycles. The number of nitrogens with zero attached hydrogens (tertiary/aromatic N) is 5. The van der Waals surface area contributed by atoms with Crippen LogP contribution in [0.1, 0.15) is 25.8 Å². The monoisotopic (exact) mass is 597 g/mol. The average molecular weight is 598 g/mol. The van der Waals surface area contributed by atoms with Crippen molar-refractivity contribution >= 4 is 21.7 Å². The molecular weight excluding hydrogens is 558 g/mol. The number of piperazine rings is 1. The molecule has 9 heteroatoms. The number of hydrogen-bond donors (Lipinski definition) is 0. The van der Waals surface area contributed by atoms with Crippen molar-refractivity contribution in [3.63, 3.8) is 0 Å². The van der Waals surface area contributed by atoms with E-state index < -0.39 is 10.0 Å². The van der Waals surface area contributed by atoms with Gasteiger partial charge in [-0.15, -0.1) is 10.2 Å². The van der Waals surface area contributed by atoms with Crippen LogP contribution in [0.5, 0.6) is 0 Å². The molecule has 1 fully saturated rings. The number of aryl methyl sites for hydroxylation is 1. The van der Waals surface area contributed by atoms with Gasteiger partial charge in [0.05, 0.1) is 17.1 Å². The second-order valence-electron chi connectivity index (χ2n) is 11.2. The molecule has 2 heterocycles. The van der Waals surface area contributed by atoms with Gasteiger partial charge in [-0.25, -0.2) is 8.42 Å². The molecule has 4 aromatic rings. The van der Waals surface area contributed by atoms with Crippen molar-refractivity contribution in [3.05, 3.63) is 96.6 Å². The minimum atomic E-state index is -3.80. The summed E-state index contributed by atoms with van der Waals surface area (Å²) < 4.78 is 28.3. The number of aromatic nitrogens is 2. The molecule has 0 bridgehead atoms. The third-order valence-electron chi connectivity index (χ3n) is 8.08. The summed E-state index contributed by atoms with van der Waals surface area (Å²) in [6.07, 6.45) is 0.825. The van der Waals surface area contributed by atoms with Crippen molar-refractivity contribution in [2.45, 2.75) is 32.1 Å². The third-order valence-corrected chi connectivity index (χ3v) is 9.90. The Labute approximate surface area is 255 Å². The molecule has 0 aliphatic carbocycles. The van der Waals surface area contributed by atoms with Gasteiger partial charge in [-0.05, 0) is 48.2 Å². The minimum Gasteiger partial charge on any atom is -0.352 e. The molecule has 43 heavy (non-hydrogen) atoms. The zero-order chi connectivity index (χ0) is 30.4. The summed E-state index contributed by atoms with van der Waals surface area (Å²) in [7, 11) is -3.80. The lowest BCUT2D eigenvalue weighted by atomic mass is 10.0. The number of carbonyl (C=O) groups is 1. The molecule has 1 amide bonds. The third kappa shape index (κ3) is 7.29. The van der Waals surface area contributed by atoms with Crippen LogP contribution in [0.15, 0.2) is 95.9 Å². The van der Waals surface area contributed by atoms with Gasteiger partial charge in [0.15, 0.2) is 5.82 Å². The molecule has 0 N–H and O–H groups in total. The van der Waals surface area contributed by atoms with Crippen LogP contribution in [0.2, 0.25) is 0 Å². The van der Waals surface area contributed by atoms with Crippen LogP contribution in [0, 0.1) is 12.8 Å². The predicted molar refractivity (Wildman–Crippen MR) is 171 cm³/mol. The zero-order valence-electron chi connectivity index (χ0n) is 25.1. The summed E-state index contributed by atoms with van der Waals surface area (Å²) in [4.78, 5) is 17.4. The SMILES string of the molecule is CC[C@H](C)CN(CC(=O)N1CCN(c2ccc(-c3ccc(-c4ccccc4)cc3)nn2)CC1)S(=O)(=O)c1ccc(C)cc1. The molecule has 8 nitrogen and oxygen atoms in total. The molecule has 0 spiro atoms. The van der Waals surface area contributed by atoms with E-state index in [1.165, 1.54) is 9.87 Å². The number of amides is 1. The van der Waals surface area contributed by atoms with E-state index in [1.54, 1.807) is 29.2 Å². The fraction of sp³-hybridized carbons (Fsp3) is 0.324. The van der Waals surface area contributed by atoms with Gasteiger partial charge in [0.1, 0.15) is 0 Å². The fourth-order valence-electron chi connectivity index (χ4n) is 5.13. The Kier molecular flexibility index (Phi) is 9.52. The van der Waals surface area contributed by atoms with E-state index in [4.69, 9.17) is 0 Å². The number of benzene rings is 3. The summed E-state index contributed by atoms with van der Waals surface area (Å²) >= 11 is 0. The van der Waals surface area contributed by atoms with Crippen LogP contribution in [-0.2, 0) is 14.8 Å². The van der Waals surface area contributed by atoms with E-state index in [9.17, 15) is 13.2 Å². The average Bonchev–Trinajstić information content (AvgIpc) is 3.05. The number of carbonyl (C=O) groups excluding carboxylic acids is 1. The summed E-state index contributed by atoms with van der Waals surface area (Å²) in [6.45, 7) is 8.26. The summed E-state index contributed by atoms with van der Waals surface area (Å²) in [6, 6.07) is 29.3. The molecule has 1 aliphatic rings. The van der Waals surface area contributed by atoms with Crippen LogP contribution >= 0.6 is 0 Å². The van der Waals surface area contributed by atoms with Crippen molar-refractivity contribution < 1.29 is 13.2 Å².